The molecule has 0 saturated carbocycles. The fourth-order valence-electron chi connectivity index (χ4n) is 4.87. The van der Waals surface area contributed by atoms with Gasteiger partial charge in [-0.3, -0.25) is 10.1 Å². The van der Waals surface area contributed by atoms with Crippen molar-refractivity contribution >= 4 is 62.7 Å². The SMILES string of the molecule is CCN(c1ncnc(Nc2cc(Cl)c(C(C#N)c3ccc(Cl)cc3)cc2C)c1[N+](=O)[O-])c1cccc2ccccc12. The number of fused-ring (bicyclic) bond motifs is 1. The first kappa shape index (κ1) is 27.8. The van der Waals surface area contributed by atoms with E-state index in [1.165, 1.54) is 6.33 Å². The molecule has 0 fully saturated rings. The van der Waals surface area contributed by atoms with Crippen molar-refractivity contribution in [2.24, 2.45) is 0 Å². The number of halogens is 2. The van der Waals surface area contributed by atoms with Gasteiger partial charge in [0.1, 0.15) is 6.33 Å². The van der Waals surface area contributed by atoms with Crippen LogP contribution in [0.3, 0.4) is 0 Å². The zero-order chi connectivity index (χ0) is 29.1. The third kappa shape index (κ3) is 5.50. The second kappa shape index (κ2) is 11.8. The summed E-state index contributed by atoms with van der Waals surface area (Å²) < 4.78 is 0. The van der Waals surface area contributed by atoms with E-state index in [9.17, 15) is 15.4 Å². The number of nitriles is 1. The van der Waals surface area contributed by atoms with Gasteiger partial charge in [-0.2, -0.15) is 5.26 Å². The lowest BCUT2D eigenvalue weighted by molar-refractivity contribution is -0.383. The van der Waals surface area contributed by atoms with E-state index in [0.29, 0.717) is 27.8 Å². The maximum absolute atomic E-state index is 12.5. The minimum absolute atomic E-state index is 0.0279. The Hall–Kier alpha value is -4.71. The maximum Gasteiger partial charge on any atom is 0.354 e. The standard InChI is InChI=1S/C31H24Cl2N6O2/c1-3-38(28-10-6-8-20-7-4-5-9-23(20)28)31-29(39(40)41)30(35-18-36-31)37-27-16-26(33)24(15-19(27)2)25(17-34)21-11-13-22(32)14-12-21/h4-16,18,25H,3H2,1-2H3,(H,35,36,37). The topological polar surface area (TPSA) is 108 Å². The molecule has 1 aromatic heterocycles. The minimum Gasteiger partial charge on any atom is -0.334 e. The van der Waals surface area contributed by atoms with Crippen LogP contribution < -0.4 is 10.2 Å². The molecule has 1 unspecified atom stereocenters. The van der Waals surface area contributed by atoms with E-state index in [0.717, 1.165) is 27.6 Å². The summed E-state index contributed by atoms with van der Waals surface area (Å²) in [6.07, 6.45) is 1.30. The van der Waals surface area contributed by atoms with Crippen molar-refractivity contribution in [1.29, 1.82) is 5.26 Å². The van der Waals surface area contributed by atoms with E-state index in [-0.39, 0.29) is 17.3 Å². The van der Waals surface area contributed by atoms with E-state index in [2.05, 4.69) is 21.4 Å². The predicted molar refractivity (Wildman–Crippen MR) is 164 cm³/mol. The molecule has 5 rings (SSSR count). The van der Waals surface area contributed by atoms with Crippen LogP contribution in [0.4, 0.5) is 28.7 Å². The first-order valence-corrected chi connectivity index (χ1v) is 13.5. The van der Waals surface area contributed by atoms with Crippen LogP contribution in [0.25, 0.3) is 10.8 Å². The number of anilines is 4. The number of nitrogens with one attached hydrogen (secondary N) is 1. The van der Waals surface area contributed by atoms with Gasteiger partial charge in [0.2, 0.25) is 11.6 Å². The van der Waals surface area contributed by atoms with Crippen molar-refractivity contribution in [3.05, 3.63) is 122 Å². The molecule has 0 spiro atoms. The minimum atomic E-state index is -0.619. The maximum atomic E-state index is 12.5. The monoisotopic (exact) mass is 582 g/mol. The number of hydrogen-bond donors (Lipinski definition) is 1. The van der Waals surface area contributed by atoms with Crippen molar-refractivity contribution in [2.75, 3.05) is 16.8 Å². The van der Waals surface area contributed by atoms with Crippen LogP contribution in [-0.2, 0) is 0 Å². The van der Waals surface area contributed by atoms with Gasteiger partial charge in [0.15, 0.2) is 0 Å². The second-order valence-electron chi connectivity index (χ2n) is 9.32. The molecule has 0 aliphatic carbocycles. The Labute approximate surface area is 247 Å². The van der Waals surface area contributed by atoms with Gasteiger partial charge in [0.05, 0.1) is 22.6 Å². The summed E-state index contributed by atoms with van der Waals surface area (Å²) >= 11 is 12.7. The number of rotatable bonds is 8. The molecule has 41 heavy (non-hydrogen) atoms. The third-order valence-electron chi connectivity index (χ3n) is 6.86. The molecule has 0 radical (unpaired) electrons. The Kier molecular flexibility index (Phi) is 8.02. The fourth-order valence-corrected chi connectivity index (χ4v) is 5.27. The first-order chi connectivity index (χ1) is 19.8. The van der Waals surface area contributed by atoms with E-state index < -0.39 is 10.8 Å². The van der Waals surface area contributed by atoms with E-state index in [1.54, 1.807) is 41.3 Å². The summed E-state index contributed by atoms with van der Waals surface area (Å²) in [5.41, 5.74) is 3.15. The van der Waals surface area contributed by atoms with Crippen LogP contribution in [-0.4, -0.2) is 21.4 Å². The largest absolute Gasteiger partial charge is 0.354 e. The number of aryl methyl sites for hydroxylation is 1. The van der Waals surface area contributed by atoms with Crippen LogP contribution in [0.2, 0.25) is 10.0 Å². The molecule has 0 saturated heterocycles. The highest BCUT2D eigenvalue weighted by Crippen LogP contribution is 2.41. The van der Waals surface area contributed by atoms with Gasteiger partial charge in [0.25, 0.3) is 0 Å². The van der Waals surface area contributed by atoms with Gasteiger partial charge in [-0.15, -0.1) is 0 Å². The molecule has 0 bridgehead atoms. The molecular formula is C31H24Cl2N6O2. The first-order valence-electron chi connectivity index (χ1n) is 12.8. The van der Waals surface area contributed by atoms with E-state index in [4.69, 9.17) is 23.2 Å². The highest BCUT2D eigenvalue weighted by molar-refractivity contribution is 6.32. The molecule has 1 atom stereocenters. The number of hydrogen-bond acceptors (Lipinski definition) is 7. The molecule has 8 nitrogen and oxygen atoms in total. The third-order valence-corrected chi connectivity index (χ3v) is 7.43. The van der Waals surface area contributed by atoms with Crippen LogP contribution in [0.5, 0.6) is 0 Å². The summed E-state index contributed by atoms with van der Waals surface area (Å²) in [6.45, 7) is 4.18. The summed E-state index contributed by atoms with van der Waals surface area (Å²) in [5, 5.41) is 28.3. The lowest BCUT2D eigenvalue weighted by atomic mass is 9.91. The lowest BCUT2D eigenvalue weighted by Crippen LogP contribution is -2.20. The van der Waals surface area contributed by atoms with Crippen LogP contribution in [0, 0.1) is 28.4 Å². The Balaban J connectivity index is 1.55. The van der Waals surface area contributed by atoms with Crippen molar-refractivity contribution in [2.45, 2.75) is 19.8 Å². The summed E-state index contributed by atoms with van der Waals surface area (Å²) in [5.74, 6) is -0.426. The van der Waals surface area contributed by atoms with Gasteiger partial charge in [-0.25, -0.2) is 9.97 Å². The zero-order valence-electron chi connectivity index (χ0n) is 22.2. The molecule has 10 heteroatoms. The predicted octanol–water partition coefficient (Wildman–Crippen LogP) is 8.71. The van der Waals surface area contributed by atoms with E-state index >= 15 is 0 Å². The Morgan fingerprint density at radius 2 is 1.78 bits per heavy atom. The van der Waals surface area contributed by atoms with Crippen molar-refractivity contribution in [3.63, 3.8) is 0 Å². The van der Waals surface area contributed by atoms with Gasteiger partial charge in [-0.1, -0.05) is 77.8 Å². The molecule has 5 aromatic rings. The van der Waals surface area contributed by atoms with Crippen molar-refractivity contribution in [1.82, 2.24) is 9.97 Å². The molecule has 0 amide bonds. The van der Waals surface area contributed by atoms with Crippen molar-refractivity contribution in [3.8, 4) is 6.07 Å². The van der Waals surface area contributed by atoms with Crippen LogP contribution in [0.15, 0.2) is 85.2 Å². The normalized spacial score (nSPS) is 11.6. The number of nitrogens with zero attached hydrogens (tertiary/aromatic N) is 5. The molecular weight excluding hydrogens is 559 g/mol. The van der Waals surface area contributed by atoms with Crippen molar-refractivity contribution < 1.29 is 4.92 Å². The Bertz CT molecular complexity index is 1800. The highest BCUT2D eigenvalue weighted by Gasteiger charge is 2.29. The molecule has 1 N–H and O–H groups in total. The molecule has 0 aliphatic rings. The molecule has 0 aliphatic heterocycles. The lowest BCUT2D eigenvalue weighted by Gasteiger charge is -2.24. The summed E-state index contributed by atoms with van der Waals surface area (Å²) in [4.78, 5) is 22.3. The fraction of sp³-hybridized carbons (Fsp3) is 0.129. The Morgan fingerprint density at radius 3 is 2.49 bits per heavy atom. The molecule has 1 heterocycles. The smallest absolute Gasteiger partial charge is 0.334 e. The van der Waals surface area contributed by atoms with Crippen LogP contribution in [0.1, 0.15) is 29.5 Å². The quantitative estimate of drug-likeness (QED) is 0.144. The second-order valence-corrected chi connectivity index (χ2v) is 10.2. The van der Waals surface area contributed by atoms with Crippen LogP contribution >= 0.6 is 23.2 Å². The van der Waals surface area contributed by atoms with Gasteiger partial charge in [-0.05, 0) is 60.2 Å². The Morgan fingerprint density at radius 1 is 1.05 bits per heavy atom. The highest BCUT2D eigenvalue weighted by atomic mass is 35.5. The summed E-state index contributed by atoms with van der Waals surface area (Å²) in [7, 11) is 0. The van der Waals surface area contributed by atoms with Gasteiger partial charge < -0.3 is 10.2 Å². The zero-order valence-corrected chi connectivity index (χ0v) is 23.7. The number of aromatic nitrogens is 2. The summed E-state index contributed by atoms with van der Waals surface area (Å²) in [6, 6.07) is 26.5. The average molecular weight is 583 g/mol. The van der Waals surface area contributed by atoms with Gasteiger partial charge >= 0.3 is 5.69 Å². The molecule has 204 valence electrons. The average Bonchev–Trinajstić information content (AvgIpc) is 2.97. The van der Waals surface area contributed by atoms with Gasteiger partial charge in [0, 0.05) is 27.7 Å². The number of nitro groups is 1. The number of benzene rings is 4. The van der Waals surface area contributed by atoms with E-state index in [1.807, 2.05) is 56.3 Å². The molecule has 4 aromatic carbocycles.